The predicted molar refractivity (Wildman–Crippen MR) is 62.6 cm³/mol. The third kappa shape index (κ3) is 2.05. The van der Waals surface area contributed by atoms with E-state index in [1.807, 2.05) is 0 Å². The highest BCUT2D eigenvalue weighted by atomic mass is 16.2. The molecular formula is C9H12N6O2. The number of aromatic nitrogens is 4. The van der Waals surface area contributed by atoms with Gasteiger partial charge in [-0.05, 0) is 0 Å². The summed E-state index contributed by atoms with van der Waals surface area (Å²) in [5.74, 6) is 0.753. The number of imidazole rings is 1. The molecule has 0 saturated heterocycles. The summed E-state index contributed by atoms with van der Waals surface area (Å²) in [5, 5.41) is 2.83. The van der Waals surface area contributed by atoms with Gasteiger partial charge in [-0.3, -0.25) is 14.3 Å². The highest BCUT2D eigenvalue weighted by Crippen LogP contribution is 2.08. The van der Waals surface area contributed by atoms with Crippen LogP contribution in [0.15, 0.2) is 22.0 Å². The van der Waals surface area contributed by atoms with Crippen LogP contribution in [-0.2, 0) is 13.6 Å². The fourth-order valence-corrected chi connectivity index (χ4v) is 1.37. The van der Waals surface area contributed by atoms with Crippen LogP contribution in [0.1, 0.15) is 5.82 Å². The van der Waals surface area contributed by atoms with E-state index < -0.39 is 11.2 Å². The van der Waals surface area contributed by atoms with Gasteiger partial charge in [-0.1, -0.05) is 0 Å². The monoisotopic (exact) mass is 236 g/mol. The van der Waals surface area contributed by atoms with Crippen molar-refractivity contribution in [3.8, 4) is 0 Å². The largest absolute Gasteiger partial charge is 0.383 e. The van der Waals surface area contributed by atoms with Gasteiger partial charge in [0.25, 0.3) is 5.56 Å². The number of hydrogen-bond acceptors (Lipinski definition) is 5. The van der Waals surface area contributed by atoms with Gasteiger partial charge in [-0.15, -0.1) is 0 Å². The molecule has 0 radical (unpaired) electrons. The Kier molecular flexibility index (Phi) is 2.69. The van der Waals surface area contributed by atoms with E-state index in [9.17, 15) is 9.59 Å². The fraction of sp³-hybridized carbons (Fsp3) is 0.222. The maximum atomic E-state index is 11.5. The number of H-pyrrole nitrogens is 2. The summed E-state index contributed by atoms with van der Waals surface area (Å²) >= 11 is 0. The van der Waals surface area contributed by atoms with Crippen molar-refractivity contribution in [2.45, 2.75) is 6.54 Å². The van der Waals surface area contributed by atoms with Gasteiger partial charge in [0, 0.05) is 19.4 Å². The summed E-state index contributed by atoms with van der Waals surface area (Å²) in [6.45, 7) is 0.318. The molecule has 0 atom stereocenters. The average molecular weight is 236 g/mol. The fourth-order valence-electron chi connectivity index (χ4n) is 1.37. The molecule has 0 saturated carbocycles. The second-order valence-corrected chi connectivity index (χ2v) is 3.47. The molecule has 8 heteroatoms. The average Bonchev–Trinajstić information content (AvgIpc) is 2.79. The topological polar surface area (TPSA) is 122 Å². The van der Waals surface area contributed by atoms with Gasteiger partial charge in [0.05, 0.1) is 6.54 Å². The molecule has 0 aliphatic carbocycles. The van der Waals surface area contributed by atoms with Crippen molar-refractivity contribution >= 4 is 11.5 Å². The Hall–Kier alpha value is -2.51. The van der Waals surface area contributed by atoms with Crippen molar-refractivity contribution in [1.82, 2.24) is 19.5 Å². The van der Waals surface area contributed by atoms with Crippen molar-refractivity contribution in [3.05, 3.63) is 39.1 Å². The lowest BCUT2D eigenvalue weighted by Gasteiger charge is -2.09. The quantitative estimate of drug-likeness (QED) is 0.544. The molecule has 2 heterocycles. The molecule has 8 nitrogen and oxygen atoms in total. The van der Waals surface area contributed by atoms with Crippen LogP contribution in [0.4, 0.5) is 11.5 Å². The molecule has 2 rings (SSSR count). The van der Waals surface area contributed by atoms with Gasteiger partial charge in [-0.25, -0.2) is 9.78 Å². The Morgan fingerprint density at radius 1 is 1.53 bits per heavy atom. The zero-order chi connectivity index (χ0) is 12.4. The Bertz CT molecular complexity index is 624. The van der Waals surface area contributed by atoms with E-state index in [0.717, 1.165) is 4.57 Å². The van der Waals surface area contributed by atoms with Gasteiger partial charge in [-0.2, -0.15) is 0 Å². The van der Waals surface area contributed by atoms with E-state index in [-0.39, 0.29) is 11.5 Å². The van der Waals surface area contributed by atoms with Crippen LogP contribution in [0.2, 0.25) is 0 Å². The van der Waals surface area contributed by atoms with Crippen LogP contribution in [0, 0.1) is 0 Å². The molecule has 0 aliphatic heterocycles. The van der Waals surface area contributed by atoms with Crippen molar-refractivity contribution in [3.63, 3.8) is 0 Å². The number of nitrogens with one attached hydrogen (secondary N) is 3. The first-order chi connectivity index (χ1) is 8.09. The molecule has 0 bridgehead atoms. The van der Waals surface area contributed by atoms with Crippen LogP contribution in [0.25, 0.3) is 0 Å². The second-order valence-electron chi connectivity index (χ2n) is 3.47. The Morgan fingerprint density at radius 3 is 2.94 bits per heavy atom. The minimum Gasteiger partial charge on any atom is -0.383 e. The smallest absolute Gasteiger partial charge is 0.329 e. The third-order valence-corrected chi connectivity index (χ3v) is 2.36. The molecule has 0 unspecified atom stereocenters. The third-order valence-electron chi connectivity index (χ3n) is 2.36. The van der Waals surface area contributed by atoms with E-state index >= 15 is 0 Å². The minimum absolute atomic E-state index is 0.0882. The van der Waals surface area contributed by atoms with Crippen molar-refractivity contribution in [1.29, 1.82) is 0 Å². The SMILES string of the molecule is Cn1c(N)c(NCc2ncc[nH]2)c(=O)[nH]c1=O. The molecule has 0 spiro atoms. The van der Waals surface area contributed by atoms with Gasteiger partial charge in [0.2, 0.25) is 0 Å². The predicted octanol–water partition coefficient (Wildman–Crippen LogP) is -1.01. The lowest BCUT2D eigenvalue weighted by molar-refractivity contribution is 0.811. The van der Waals surface area contributed by atoms with Gasteiger partial charge in [0.1, 0.15) is 17.3 Å². The molecule has 0 fully saturated rings. The van der Waals surface area contributed by atoms with Crippen LogP contribution in [0.5, 0.6) is 0 Å². The van der Waals surface area contributed by atoms with Gasteiger partial charge >= 0.3 is 5.69 Å². The van der Waals surface area contributed by atoms with Crippen molar-refractivity contribution in [2.75, 3.05) is 11.1 Å². The van der Waals surface area contributed by atoms with Crippen molar-refractivity contribution < 1.29 is 0 Å². The molecule has 0 aromatic carbocycles. The standard InChI is InChI=1S/C9H12N6O2/c1-15-7(10)6(8(16)14-9(15)17)13-4-5-11-2-3-12-5/h2-3,13H,4,10H2,1H3,(H,11,12)(H,14,16,17). The van der Waals surface area contributed by atoms with Crippen LogP contribution >= 0.6 is 0 Å². The van der Waals surface area contributed by atoms with E-state index in [0.29, 0.717) is 12.4 Å². The molecule has 2 aromatic rings. The van der Waals surface area contributed by atoms with E-state index in [4.69, 9.17) is 5.73 Å². The lowest BCUT2D eigenvalue weighted by Crippen LogP contribution is -2.32. The first-order valence-electron chi connectivity index (χ1n) is 4.90. The minimum atomic E-state index is -0.545. The molecule has 2 aromatic heterocycles. The molecular weight excluding hydrogens is 224 g/mol. The normalized spacial score (nSPS) is 10.4. The highest BCUT2D eigenvalue weighted by molar-refractivity contribution is 5.60. The van der Waals surface area contributed by atoms with Crippen LogP contribution < -0.4 is 22.3 Å². The number of nitrogen functional groups attached to an aromatic ring is 1. The first kappa shape index (κ1) is 11.0. The summed E-state index contributed by atoms with van der Waals surface area (Å²) in [6.07, 6.45) is 3.27. The maximum Gasteiger partial charge on any atom is 0.329 e. The van der Waals surface area contributed by atoms with Gasteiger partial charge in [0.15, 0.2) is 0 Å². The molecule has 0 amide bonds. The Labute approximate surface area is 95.5 Å². The lowest BCUT2D eigenvalue weighted by atomic mass is 10.4. The zero-order valence-corrected chi connectivity index (χ0v) is 9.15. The van der Waals surface area contributed by atoms with E-state index in [1.54, 1.807) is 12.4 Å². The number of hydrogen-bond donors (Lipinski definition) is 4. The summed E-state index contributed by atoms with van der Waals surface area (Å²) in [5.41, 5.74) is 4.74. The number of rotatable bonds is 3. The highest BCUT2D eigenvalue weighted by Gasteiger charge is 2.09. The number of aromatic amines is 2. The van der Waals surface area contributed by atoms with Gasteiger partial charge < -0.3 is 16.0 Å². The zero-order valence-electron chi connectivity index (χ0n) is 9.15. The Morgan fingerprint density at radius 2 is 2.29 bits per heavy atom. The summed E-state index contributed by atoms with van der Waals surface area (Å²) in [4.78, 5) is 31.8. The second kappa shape index (κ2) is 4.16. The van der Waals surface area contributed by atoms with Crippen molar-refractivity contribution in [2.24, 2.45) is 7.05 Å². The van der Waals surface area contributed by atoms with Crippen LogP contribution in [-0.4, -0.2) is 19.5 Å². The summed E-state index contributed by atoms with van der Waals surface area (Å²) in [7, 11) is 1.48. The molecule has 5 N–H and O–H groups in total. The number of nitrogens with two attached hydrogens (primary N) is 1. The first-order valence-corrected chi connectivity index (χ1v) is 4.90. The Balaban J connectivity index is 2.30. The maximum absolute atomic E-state index is 11.5. The van der Waals surface area contributed by atoms with Crippen LogP contribution in [0.3, 0.4) is 0 Å². The summed E-state index contributed by atoms with van der Waals surface area (Å²) in [6, 6.07) is 0. The number of anilines is 2. The molecule has 0 aliphatic rings. The summed E-state index contributed by atoms with van der Waals surface area (Å²) < 4.78 is 1.16. The number of nitrogens with zero attached hydrogens (tertiary/aromatic N) is 2. The molecule has 17 heavy (non-hydrogen) atoms. The molecule has 90 valence electrons. The van der Waals surface area contributed by atoms with E-state index in [2.05, 4.69) is 20.3 Å². The van der Waals surface area contributed by atoms with E-state index in [1.165, 1.54) is 7.05 Å².